The van der Waals surface area contributed by atoms with Crippen LogP contribution < -0.4 is 4.74 Å². The van der Waals surface area contributed by atoms with E-state index in [1.54, 1.807) is 20.1 Å². The van der Waals surface area contributed by atoms with Crippen molar-refractivity contribution < 1.29 is 14.3 Å². The van der Waals surface area contributed by atoms with Gasteiger partial charge >= 0.3 is 5.97 Å². The fourth-order valence-corrected chi connectivity index (χ4v) is 2.19. The number of hydrogen-bond donors (Lipinski definition) is 0. The van der Waals surface area contributed by atoms with Gasteiger partial charge in [0.15, 0.2) is 5.69 Å². The number of fused-ring (bicyclic) bond motifs is 1. The van der Waals surface area contributed by atoms with Crippen molar-refractivity contribution >= 4 is 27.6 Å². The van der Waals surface area contributed by atoms with Gasteiger partial charge in [0.05, 0.1) is 18.4 Å². The maximum atomic E-state index is 11.6. The summed E-state index contributed by atoms with van der Waals surface area (Å²) in [6.07, 6.45) is 0. The molecule has 0 N–H and O–H groups in total. The summed E-state index contributed by atoms with van der Waals surface area (Å²) in [4.78, 5) is 11.6. The zero-order valence-electron chi connectivity index (χ0n) is 9.02. The summed E-state index contributed by atoms with van der Waals surface area (Å²) in [6.45, 7) is 2.13. The SMILES string of the molecule is CCOC(=O)c1nsc2cc(OC)ccc12. The Kier molecular flexibility index (Phi) is 3.05. The second kappa shape index (κ2) is 4.49. The molecule has 0 unspecified atom stereocenters. The first-order valence-corrected chi connectivity index (χ1v) is 5.64. The molecule has 2 aromatic rings. The van der Waals surface area contributed by atoms with Gasteiger partial charge in [-0.1, -0.05) is 0 Å². The highest BCUT2D eigenvalue weighted by atomic mass is 32.1. The molecule has 1 aromatic heterocycles. The third-order valence-electron chi connectivity index (χ3n) is 2.15. The van der Waals surface area contributed by atoms with E-state index in [1.807, 2.05) is 12.1 Å². The van der Waals surface area contributed by atoms with E-state index >= 15 is 0 Å². The number of methoxy groups -OCH3 is 1. The Morgan fingerprint density at radius 1 is 1.50 bits per heavy atom. The van der Waals surface area contributed by atoms with Gasteiger partial charge in [-0.25, -0.2) is 4.79 Å². The molecule has 1 heterocycles. The van der Waals surface area contributed by atoms with Gasteiger partial charge in [0.1, 0.15) is 5.75 Å². The fraction of sp³-hybridized carbons (Fsp3) is 0.273. The predicted octanol–water partition coefficient (Wildman–Crippen LogP) is 2.48. The first kappa shape index (κ1) is 10.9. The van der Waals surface area contributed by atoms with E-state index < -0.39 is 0 Å². The second-order valence-corrected chi connectivity index (χ2v) is 3.92. The van der Waals surface area contributed by atoms with Crippen LogP contribution in [0.2, 0.25) is 0 Å². The zero-order chi connectivity index (χ0) is 11.5. The highest BCUT2D eigenvalue weighted by molar-refractivity contribution is 7.13. The first-order valence-electron chi connectivity index (χ1n) is 4.86. The van der Waals surface area contributed by atoms with Crippen LogP contribution in [0.3, 0.4) is 0 Å². The number of benzene rings is 1. The summed E-state index contributed by atoms with van der Waals surface area (Å²) in [6, 6.07) is 5.49. The molecule has 16 heavy (non-hydrogen) atoms. The standard InChI is InChI=1S/C11H11NO3S/c1-3-15-11(13)10-8-5-4-7(14-2)6-9(8)16-12-10/h4-6H,3H2,1-2H3. The van der Waals surface area contributed by atoms with Gasteiger partial charge in [0.25, 0.3) is 0 Å². The molecule has 0 saturated carbocycles. The van der Waals surface area contributed by atoms with Gasteiger partial charge in [-0.2, -0.15) is 4.37 Å². The minimum atomic E-state index is -0.376. The van der Waals surface area contributed by atoms with E-state index in [9.17, 15) is 4.79 Å². The average molecular weight is 237 g/mol. The van der Waals surface area contributed by atoms with Crippen molar-refractivity contribution in [1.82, 2.24) is 4.37 Å². The molecule has 0 radical (unpaired) electrons. The van der Waals surface area contributed by atoms with Gasteiger partial charge in [0.2, 0.25) is 0 Å². The lowest BCUT2D eigenvalue weighted by Gasteiger charge is -2.00. The maximum absolute atomic E-state index is 11.6. The zero-order valence-corrected chi connectivity index (χ0v) is 9.84. The molecule has 0 fully saturated rings. The monoisotopic (exact) mass is 237 g/mol. The molecule has 4 nitrogen and oxygen atoms in total. The van der Waals surface area contributed by atoms with Crippen molar-refractivity contribution in [3.8, 4) is 5.75 Å². The van der Waals surface area contributed by atoms with Crippen molar-refractivity contribution in [2.75, 3.05) is 13.7 Å². The van der Waals surface area contributed by atoms with Crippen LogP contribution in [0.5, 0.6) is 5.75 Å². The highest BCUT2D eigenvalue weighted by Gasteiger charge is 2.15. The van der Waals surface area contributed by atoms with E-state index in [2.05, 4.69) is 4.37 Å². The Bertz CT molecular complexity index is 521. The number of ether oxygens (including phenoxy) is 2. The van der Waals surface area contributed by atoms with Gasteiger partial charge in [-0.15, -0.1) is 0 Å². The van der Waals surface area contributed by atoms with E-state index in [-0.39, 0.29) is 5.97 Å². The Labute approximate surface area is 97.0 Å². The Morgan fingerprint density at radius 3 is 3.00 bits per heavy atom. The molecule has 0 aliphatic heterocycles. The minimum Gasteiger partial charge on any atom is -0.497 e. The maximum Gasteiger partial charge on any atom is 0.358 e. The largest absolute Gasteiger partial charge is 0.497 e. The van der Waals surface area contributed by atoms with E-state index in [0.717, 1.165) is 15.8 Å². The number of nitrogens with zero attached hydrogens (tertiary/aromatic N) is 1. The summed E-state index contributed by atoms with van der Waals surface area (Å²) in [5.41, 5.74) is 0.379. The average Bonchev–Trinajstić information content (AvgIpc) is 2.71. The van der Waals surface area contributed by atoms with Crippen LogP contribution in [0.15, 0.2) is 18.2 Å². The van der Waals surface area contributed by atoms with Crippen molar-refractivity contribution in [2.45, 2.75) is 6.92 Å². The molecule has 0 atom stereocenters. The Morgan fingerprint density at radius 2 is 2.31 bits per heavy atom. The summed E-state index contributed by atoms with van der Waals surface area (Å²) < 4.78 is 15.0. The van der Waals surface area contributed by atoms with Gasteiger partial charge in [-0.05, 0) is 36.7 Å². The van der Waals surface area contributed by atoms with E-state index in [4.69, 9.17) is 9.47 Å². The number of hydrogen-bond acceptors (Lipinski definition) is 5. The molecule has 0 bridgehead atoms. The normalized spacial score (nSPS) is 10.4. The second-order valence-electron chi connectivity index (χ2n) is 3.11. The van der Waals surface area contributed by atoms with Crippen LogP contribution in [-0.4, -0.2) is 24.1 Å². The number of carbonyl (C=O) groups excluding carboxylic acids is 1. The number of aromatic nitrogens is 1. The van der Waals surface area contributed by atoms with Crippen LogP contribution in [-0.2, 0) is 4.74 Å². The van der Waals surface area contributed by atoms with Crippen molar-refractivity contribution in [3.63, 3.8) is 0 Å². The predicted molar refractivity (Wildman–Crippen MR) is 62.1 cm³/mol. The van der Waals surface area contributed by atoms with Crippen LogP contribution >= 0.6 is 11.5 Å². The molecule has 0 spiro atoms. The quantitative estimate of drug-likeness (QED) is 0.769. The fourth-order valence-electron chi connectivity index (χ4n) is 1.39. The van der Waals surface area contributed by atoms with Crippen LogP contribution in [0.25, 0.3) is 10.1 Å². The lowest BCUT2D eigenvalue weighted by atomic mass is 10.2. The number of carbonyl (C=O) groups is 1. The highest BCUT2D eigenvalue weighted by Crippen LogP contribution is 2.27. The van der Waals surface area contributed by atoms with Crippen molar-refractivity contribution in [3.05, 3.63) is 23.9 Å². The molecular formula is C11H11NO3S. The van der Waals surface area contributed by atoms with Crippen LogP contribution in [0, 0.1) is 0 Å². The van der Waals surface area contributed by atoms with E-state index in [1.165, 1.54) is 11.5 Å². The lowest BCUT2D eigenvalue weighted by Crippen LogP contribution is -2.04. The molecule has 0 aliphatic rings. The van der Waals surface area contributed by atoms with Crippen molar-refractivity contribution in [2.24, 2.45) is 0 Å². The van der Waals surface area contributed by atoms with E-state index in [0.29, 0.717) is 12.3 Å². The third kappa shape index (κ3) is 1.86. The molecule has 2 rings (SSSR count). The summed E-state index contributed by atoms with van der Waals surface area (Å²) >= 11 is 1.27. The summed E-state index contributed by atoms with van der Waals surface area (Å²) in [5, 5.41) is 0.809. The summed E-state index contributed by atoms with van der Waals surface area (Å²) in [5.74, 6) is 0.380. The Balaban J connectivity index is 2.45. The van der Waals surface area contributed by atoms with Crippen LogP contribution in [0.1, 0.15) is 17.4 Å². The molecule has 0 aliphatic carbocycles. The smallest absolute Gasteiger partial charge is 0.358 e. The van der Waals surface area contributed by atoms with Gasteiger partial charge in [-0.3, -0.25) is 0 Å². The molecule has 84 valence electrons. The number of esters is 1. The first-order chi connectivity index (χ1) is 7.76. The van der Waals surface area contributed by atoms with Gasteiger partial charge < -0.3 is 9.47 Å². The van der Waals surface area contributed by atoms with Crippen LogP contribution in [0.4, 0.5) is 0 Å². The molecule has 0 saturated heterocycles. The third-order valence-corrected chi connectivity index (χ3v) is 2.96. The minimum absolute atomic E-state index is 0.355. The number of rotatable bonds is 3. The topological polar surface area (TPSA) is 48.4 Å². The summed E-state index contributed by atoms with van der Waals surface area (Å²) in [7, 11) is 1.61. The molecule has 1 aromatic carbocycles. The molecular weight excluding hydrogens is 226 g/mol. The van der Waals surface area contributed by atoms with Crippen molar-refractivity contribution in [1.29, 1.82) is 0 Å². The molecule has 5 heteroatoms. The Hall–Kier alpha value is -1.62. The lowest BCUT2D eigenvalue weighted by molar-refractivity contribution is 0.0523. The molecule has 0 amide bonds. The van der Waals surface area contributed by atoms with Gasteiger partial charge in [0, 0.05) is 5.39 Å².